The second-order valence-corrected chi connectivity index (χ2v) is 5.53. The molecule has 2 rings (SSSR count). The molecule has 3 N–H and O–H groups in total. The highest BCUT2D eigenvalue weighted by Crippen LogP contribution is 2.22. The lowest BCUT2D eigenvalue weighted by molar-refractivity contribution is 0.0602. The summed E-state index contributed by atoms with van der Waals surface area (Å²) in [5.41, 5.74) is 7.42. The van der Waals surface area contributed by atoms with Gasteiger partial charge in [-0.25, -0.2) is 4.79 Å². The SMILES string of the molecule is COC(=O)c1cc(N)ccc1NCc1ccc(C)s1. The van der Waals surface area contributed by atoms with E-state index >= 15 is 0 Å². The lowest BCUT2D eigenvalue weighted by Gasteiger charge is -2.10. The molecular formula is C14H16N2O2S. The van der Waals surface area contributed by atoms with Crippen molar-refractivity contribution in [3.05, 3.63) is 45.6 Å². The Balaban J connectivity index is 2.17. The monoisotopic (exact) mass is 276 g/mol. The normalized spacial score (nSPS) is 10.2. The Hall–Kier alpha value is -2.01. The first-order chi connectivity index (χ1) is 9.10. The molecule has 0 fully saturated rings. The van der Waals surface area contributed by atoms with Crippen LogP contribution in [-0.2, 0) is 11.3 Å². The summed E-state index contributed by atoms with van der Waals surface area (Å²) < 4.78 is 4.76. The van der Waals surface area contributed by atoms with Crippen LogP contribution in [0.25, 0.3) is 0 Å². The number of thiophene rings is 1. The third kappa shape index (κ3) is 3.26. The van der Waals surface area contributed by atoms with Crippen LogP contribution in [0.15, 0.2) is 30.3 Å². The number of benzene rings is 1. The van der Waals surface area contributed by atoms with E-state index < -0.39 is 5.97 Å². The zero-order valence-corrected chi connectivity index (χ0v) is 11.7. The zero-order valence-electron chi connectivity index (χ0n) is 10.9. The van der Waals surface area contributed by atoms with Crippen molar-refractivity contribution >= 4 is 28.7 Å². The topological polar surface area (TPSA) is 64.3 Å². The van der Waals surface area contributed by atoms with Crippen LogP contribution in [0.2, 0.25) is 0 Å². The lowest BCUT2D eigenvalue weighted by Crippen LogP contribution is -2.08. The number of anilines is 2. The van der Waals surface area contributed by atoms with E-state index in [-0.39, 0.29) is 0 Å². The van der Waals surface area contributed by atoms with Gasteiger partial charge in [0.25, 0.3) is 0 Å². The van der Waals surface area contributed by atoms with Gasteiger partial charge in [-0.15, -0.1) is 11.3 Å². The molecular weight excluding hydrogens is 260 g/mol. The number of hydrogen-bond donors (Lipinski definition) is 2. The molecule has 0 saturated carbocycles. The van der Waals surface area contributed by atoms with Crippen molar-refractivity contribution in [2.75, 3.05) is 18.2 Å². The molecule has 2 aromatic rings. The number of rotatable bonds is 4. The maximum absolute atomic E-state index is 11.7. The molecule has 0 amide bonds. The van der Waals surface area contributed by atoms with Crippen molar-refractivity contribution < 1.29 is 9.53 Å². The Bertz CT molecular complexity index is 593. The van der Waals surface area contributed by atoms with E-state index in [9.17, 15) is 4.79 Å². The smallest absolute Gasteiger partial charge is 0.340 e. The van der Waals surface area contributed by atoms with Crippen LogP contribution in [0.5, 0.6) is 0 Å². The number of nitrogen functional groups attached to an aromatic ring is 1. The van der Waals surface area contributed by atoms with Crippen molar-refractivity contribution in [1.29, 1.82) is 0 Å². The molecule has 1 aromatic heterocycles. The van der Waals surface area contributed by atoms with E-state index in [0.717, 1.165) is 5.69 Å². The van der Waals surface area contributed by atoms with Crippen molar-refractivity contribution in [2.45, 2.75) is 13.5 Å². The van der Waals surface area contributed by atoms with Crippen molar-refractivity contribution in [2.24, 2.45) is 0 Å². The first kappa shape index (κ1) is 13.4. The molecule has 4 nitrogen and oxygen atoms in total. The number of nitrogens with one attached hydrogen (secondary N) is 1. The molecule has 0 aliphatic rings. The molecule has 5 heteroatoms. The van der Waals surface area contributed by atoms with Gasteiger partial charge in [0.2, 0.25) is 0 Å². The van der Waals surface area contributed by atoms with Crippen molar-refractivity contribution in [1.82, 2.24) is 0 Å². The van der Waals surface area contributed by atoms with Gasteiger partial charge in [-0.05, 0) is 37.3 Å². The van der Waals surface area contributed by atoms with Crippen LogP contribution in [0.3, 0.4) is 0 Å². The zero-order chi connectivity index (χ0) is 13.8. The summed E-state index contributed by atoms with van der Waals surface area (Å²) in [6, 6.07) is 9.32. The van der Waals surface area contributed by atoms with Gasteiger partial charge in [-0.1, -0.05) is 0 Å². The Kier molecular flexibility index (Phi) is 4.06. The molecule has 1 aromatic carbocycles. The summed E-state index contributed by atoms with van der Waals surface area (Å²) in [6.07, 6.45) is 0. The highest BCUT2D eigenvalue weighted by atomic mass is 32.1. The maximum Gasteiger partial charge on any atom is 0.340 e. The first-order valence-electron chi connectivity index (χ1n) is 5.87. The van der Waals surface area contributed by atoms with E-state index in [1.807, 2.05) is 0 Å². The average molecular weight is 276 g/mol. The Morgan fingerprint density at radius 2 is 2.16 bits per heavy atom. The third-order valence-electron chi connectivity index (χ3n) is 2.70. The van der Waals surface area contributed by atoms with Crippen molar-refractivity contribution in [3.8, 4) is 0 Å². The van der Waals surface area contributed by atoms with Gasteiger partial charge in [0.1, 0.15) is 0 Å². The molecule has 1 heterocycles. The molecule has 0 spiro atoms. The third-order valence-corrected chi connectivity index (χ3v) is 3.70. The predicted octanol–water partition coefficient (Wildman–Crippen LogP) is 3.04. The predicted molar refractivity (Wildman–Crippen MR) is 78.6 cm³/mol. The van der Waals surface area contributed by atoms with Gasteiger partial charge in [0.15, 0.2) is 0 Å². The summed E-state index contributed by atoms with van der Waals surface area (Å²) >= 11 is 1.73. The molecule has 0 aliphatic carbocycles. The number of carbonyl (C=O) groups is 1. The number of hydrogen-bond acceptors (Lipinski definition) is 5. The standard InChI is InChI=1S/C14H16N2O2S/c1-9-3-5-11(19-9)8-16-13-6-4-10(15)7-12(13)14(17)18-2/h3-7,16H,8,15H2,1-2H3. The summed E-state index contributed by atoms with van der Waals surface area (Å²) in [5.74, 6) is -0.392. The fourth-order valence-corrected chi connectivity index (χ4v) is 2.59. The van der Waals surface area contributed by atoms with Gasteiger partial charge < -0.3 is 15.8 Å². The average Bonchev–Trinajstić information content (AvgIpc) is 2.82. The van der Waals surface area contributed by atoms with Gasteiger partial charge in [-0.2, -0.15) is 0 Å². The molecule has 0 saturated heterocycles. The van der Waals surface area contributed by atoms with Gasteiger partial charge >= 0.3 is 5.97 Å². The number of aryl methyl sites for hydroxylation is 1. The van der Waals surface area contributed by atoms with Crippen LogP contribution < -0.4 is 11.1 Å². The van der Waals surface area contributed by atoms with Gasteiger partial charge in [0.05, 0.1) is 12.7 Å². The van der Waals surface area contributed by atoms with Crippen LogP contribution in [0.4, 0.5) is 11.4 Å². The minimum atomic E-state index is -0.392. The quantitative estimate of drug-likeness (QED) is 0.665. The minimum absolute atomic E-state index is 0.392. The van der Waals surface area contributed by atoms with E-state index in [1.165, 1.54) is 16.9 Å². The maximum atomic E-state index is 11.7. The Morgan fingerprint density at radius 3 is 2.79 bits per heavy atom. The summed E-state index contributed by atoms with van der Waals surface area (Å²) in [7, 11) is 1.36. The second-order valence-electron chi connectivity index (χ2n) is 4.16. The minimum Gasteiger partial charge on any atom is -0.465 e. The fourth-order valence-electron chi connectivity index (χ4n) is 1.76. The van der Waals surface area contributed by atoms with Crippen LogP contribution >= 0.6 is 11.3 Å². The molecule has 100 valence electrons. The highest BCUT2D eigenvalue weighted by Gasteiger charge is 2.12. The number of nitrogens with two attached hydrogens (primary N) is 1. The molecule has 19 heavy (non-hydrogen) atoms. The second kappa shape index (κ2) is 5.75. The lowest BCUT2D eigenvalue weighted by atomic mass is 10.1. The highest BCUT2D eigenvalue weighted by molar-refractivity contribution is 7.11. The Morgan fingerprint density at radius 1 is 1.37 bits per heavy atom. The van der Waals surface area contributed by atoms with E-state index in [2.05, 4.69) is 24.4 Å². The number of carbonyl (C=O) groups excluding carboxylic acids is 1. The Labute approximate surface area is 116 Å². The molecule has 0 unspecified atom stereocenters. The van der Waals surface area contributed by atoms with Gasteiger partial charge in [-0.3, -0.25) is 0 Å². The summed E-state index contributed by atoms with van der Waals surface area (Å²) in [5, 5.41) is 3.24. The number of ether oxygens (including phenoxy) is 1. The summed E-state index contributed by atoms with van der Waals surface area (Å²) in [6.45, 7) is 2.74. The van der Waals surface area contributed by atoms with E-state index in [4.69, 9.17) is 10.5 Å². The largest absolute Gasteiger partial charge is 0.465 e. The van der Waals surface area contributed by atoms with Gasteiger partial charge in [0, 0.05) is 27.7 Å². The van der Waals surface area contributed by atoms with Crippen LogP contribution in [0, 0.1) is 6.92 Å². The van der Waals surface area contributed by atoms with Crippen molar-refractivity contribution in [3.63, 3.8) is 0 Å². The molecule has 0 bridgehead atoms. The molecule has 0 aliphatic heterocycles. The van der Waals surface area contributed by atoms with E-state index in [1.54, 1.807) is 29.5 Å². The van der Waals surface area contributed by atoms with Crippen LogP contribution in [0.1, 0.15) is 20.1 Å². The first-order valence-corrected chi connectivity index (χ1v) is 6.69. The molecule has 0 atom stereocenters. The van der Waals surface area contributed by atoms with E-state index in [0.29, 0.717) is 17.8 Å². The van der Waals surface area contributed by atoms with Crippen LogP contribution in [-0.4, -0.2) is 13.1 Å². The number of methoxy groups -OCH3 is 1. The summed E-state index contributed by atoms with van der Waals surface area (Å²) in [4.78, 5) is 14.2. The molecule has 0 radical (unpaired) electrons. The number of esters is 1. The fraction of sp³-hybridized carbons (Fsp3) is 0.214.